The van der Waals surface area contributed by atoms with Gasteiger partial charge >= 0.3 is 5.97 Å². The lowest BCUT2D eigenvalue weighted by molar-refractivity contribution is -0.150. The van der Waals surface area contributed by atoms with E-state index in [9.17, 15) is 9.59 Å². The number of anilines is 1. The van der Waals surface area contributed by atoms with Crippen molar-refractivity contribution < 1.29 is 14.3 Å². The molecule has 1 N–H and O–H groups in total. The molecule has 2 aliphatic rings. The van der Waals surface area contributed by atoms with Crippen LogP contribution >= 0.6 is 0 Å². The highest BCUT2D eigenvalue weighted by Crippen LogP contribution is 2.35. The van der Waals surface area contributed by atoms with Gasteiger partial charge in [0.2, 0.25) is 5.91 Å². The van der Waals surface area contributed by atoms with Crippen LogP contribution in [0, 0.1) is 5.92 Å². The van der Waals surface area contributed by atoms with Gasteiger partial charge in [0, 0.05) is 18.5 Å². The molecular weight excluding hydrogens is 392 g/mol. The van der Waals surface area contributed by atoms with Crippen molar-refractivity contribution in [3.05, 3.63) is 42.1 Å². The van der Waals surface area contributed by atoms with Gasteiger partial charge in [-0.25, -0.2) is 4.68 Å². The molecule has 1 amide bonds. The number of para-hydroxylation sites is 1. The summed E-state index contributed by atoms with van der Waals surface area (Å²) in [5, 5.41) is 7.92. The number of rotatable bonds is 7. The van der Waals surface area contributed by atoms with Crippen LogP contribution in [0.25, 0.3) is 5.69 Å². The molecule has 1 aromatic heterocycles. The molecule has 31 heavy (non-hydrogen) atoms. The average Bonchev–Trinajstić information content (AvgIpc) is 3.45. The van der Waals surface area contributed by atoms with E-state index >= 15 is 0 Å². The molecule has 1 aliphatic carbocycles. The second-order valence-electron chi connectivity index (χ2n) is 8.56. The molecule has 1 saturated heterocycles. The van der Waals surface area contributed by atoms with E-state index < -0.39 is 0 Å². The first-order valence-corrected chi connectivity index (χ1v) is 11.5. The minimum absolute atomic E-state index is 0.0837. The average molecular weight is 425 g/mol. The fraction of sp³-hybridized carbons (Fsp3) is 0.542. The number of amides is 1. The number of ether oxygens (including phenoxy) is 1. The van der Waals surface area contributed by atoms with Gasteiger partial charge in [-0.15, -0.1) is 0 Å². The van der Waals surface area contributed by atoms with E-state index in [4.69, 9.17) is 9.84 Å². The van der Waals surface area contributed by atoms with E-state index in [1.165, 1.54) is 12.8 Å². The van der Waals surface area contributed by atoms with Crippen LogP contribution in [-0.2, 0) is 14.3 Å². The molecule has 166 valence electrons. The predicted octanol–water partition coefficient (Wildman–Crippen LogP) is 3.74. The van der Waals surface area contributed by atoms with Crippen LogP contribution < -0.4 is 5.32 Å². The quantitative estimate of drug-likeness (QED) is 0.685. The molecule has 7 heteroatoms. The first kappa shape index (κ1) is 21.6. The van der Waals surface area contributed by atoms with Gasteiger partial charge < -0.3 is 10.1 Å². The van der Waals surface area contributed by atoms with Crippen LogP contribution in [0.5, 0.6) is 0 Å². The zero-order chi connectivity index (χ0) is 21.6. The Morgan fingerprint density at radius 1 is 1.13 bits per heavy atom. The van der Waals surface area contributed by atoms with Crippen molar-refractivity contribution >= 4 is 17.7 Å². The molecule has 2 heterocycles. The lowest BCUT2D eigenvalue weighted by Gasteiger charge is -2.30. The van der Waals surface area contributed by atoms with Crippen LogP contribution in [-0.4, -0.2) is 52.8 Å². The smallest absolute Gasteiger partial charge is 0.310 e. The molecule has 2 fully saturated rings. The van der Waals surface area contributed by atoms with Gasteiger partial charge in [0.1, 0.15) is 5.82 Å². The summed E-state index contributed by atoms with van der Waals surface area (Å²) in [5.74, 6) is 0.783. The number of carbonyl (C=O) groups excluding carboxylic acids is 2. The summed E-state index contributed by atoms with van der Waals surface area (Å²) in [6.07, 6.45) is 6.50. The Labute approximate surface area is 183 Å². The zero-order valence-corrected chi connectivity index (χ0v) is 18.3. The SMILES string of the molecule is CCOC(=O)[C@@H]1CCCN(CC(=O)Nc2cc(C3CCCC3)nn2-c2ccccc2)C1. The molecule has 1 atom stereocenters. The topological polar surface area (TPSA) is 76.5 Å². The number of nitrogens with zero attached hydrogens (tertiary/aromatic N) is 3. The molecule has 0 bridgehead atoms. The molecule has 1 saturated carbocycles. The Morgan fingerprint density at radius 3 is 2.65 bits per heavy atom. The second-order valence-corrected chi connectivity index (χ2v) is 8.56. The van der Waals surface area contributed by atoms with Crippen LogP contribution in [0.3, 0.4) is 0 Å². The molecule has 0 radical (unpaired) electrons. The molecule has 0 spiro atoms. The molecular formula is C24H32N4O3. The number of hydrogen-bond acceptors (Lipinski definition) is 5. The number of esters is 1. The third-order valence-corrected chi connectivity index (χ3v) is 6.26. The lowest BCUT2D eigenvalue weighted by atomic mass is 9.98. The number of likely N-dealkylation sites (tertiary alicyclic amines) is 1. The summed E-state index contributed by atoms with van der Waals surface area (Å²) < 4.78 is 7.01. The van der Waals surface area contributed by atoms with Crippen molar-refractivity contribution in [3.8, 4) is 5.69 Å². The molecule has 1 aromatic carbocycles. The maximum Gasteiger partial charge on any atom is 0.310 e. The fourth-order valence-electron chi connectivity index (χ4n) is 4.71. The Kier molecular flexibility index (Phi) is 7.02. The maximum absolute atomic E-state index is 12.9. The van der Waals surface area contributed by atoms with Crippen molar-refractivity contribution in [2.24, 2.45) is 5.92 Å². The van der Waals surface area contributed by atoms with Gasteiger partial charge in [0.25, 0.3) is 0 Å². The van der Waals surface area contributed by atoms with Crippen molar-refractivity contribution in [2.75, 3.05) is 31.6 Å². The Bertz CT molecular complexity index is 889. The summed E-state index contributed by atoms with van der Waals surface area (Å²) in [7, 11) is 0. The van der Waals surface area contributed by atoms with E-state index in [0.717, 1.165) is 43.6 Å². The van der Waals surface area contributed by atoms with E-state index in [2.05, 4.69) is 5.32 Å². The Balaban J connectivity index is 1.45. The van der Waals surface area contributed by atoms with Crippen LogP contribution in [0.15, 0.2) is 36.4 Å². The van der Waals surface area contributed by atoms with Crippen molar-refractivity contribution in [1.82, 2.24) is 14.7 Å². The third kappa shape index (κ3) is 5.34. The molecule has 7 nitrogen and oxygen atoms in total. The van der Waals surface area contributed by atoms with E-state index in [-0.39, 0.29) is 24.3 Å². The Morgan fingerprint density at radius 2 is 1.90 bits per heavy atom. The minimum Gasteiger partial charge on any atom is -0.466 e. The van der Waals surface area contributed by atoms with Crippen molar-refractivity contribution in [2.45, 2.75) is 51.4 Å². The Hall–Kier alpha value is -2.67. The van der Waals surface area contributed by atoms with Gasteiger partial charge in [0.05, 0.1) is 30.5 Å². The van der Waals surface area contributed by atoms with Gasteiger partial charge in [-0.2, -0.15) is 5.10 Å². The monoisotopic (exact) mass is 424 g/mol. The minimum atomic E-state index is -0.157. The zero-order valence-electron chi connectivity index (χ0n) is 18.3. The van der Waals surface area contributed by atoms with Crippen molar-refractivity contribution in [3.63, 3.8) is 0 Å². The number of piperidine rings is 1. The number of hydrogen-bond donors (Lipinski definition) is 1. The first-order chi connectivity index (χ1) is 15.1. The van der Waals surface area contributed by atoms with Gasteiger partial charge in [-0.05, 0) is 51.3 Å². The highest BCUT2D eigenvalue weighted by Gasteiger charge is 2.28. The summed E-state index contributed by atoms with van der Waals surface area (Å²) in [5.41, 5.74) is 1.99. The number of carbonyl (C=O) groups is 2. The summed E-state index contributed by atoms with van der Waals surface area (Å²) in [4.78, 5) is 27.0. The number of nitrogens with one attached hydrogen (secondary N) is 1. The fourth-order valence-corrected chi connectivity index (χ4v) is 4.71. The molecule has 4 rings (SSSR count). The maximum atomic E-state index is 12.9. The molecule has 2 aromatic rings. The lowest BCUT2D eigenvalue weighted by Crippen LogP contribution is -2.43. The van der Waals surface area contributed by atoms with E-state index in [1.807, 2.05) is 52.9 Å². The van der Waals surface area contributed by atoms with E-state index in [1.54, 1.807) is 0 Å². The highest BCUT2D eigenvalue weighted by atomic mass is 16.5. The second kappa shape index (κ2) is 10.1. The van der Waals surface area contributed by atoms with Crippen LogP contribution in [0.2, 0.25) is 0 Å². The largest absolute Gasteiger partial charge is 0.466 e. The third-order valence-electron chi connectivity index (χ3n) is 6.26. The van der Waals surface area contributed by atoms with Crippen LogP contribution in [0.1, 0.15) is 57.1 Å². The normalized spacial score (nSPS) is 20.0. The van der Waals surface area contributed by atoms with Gasteiger partial charge in [-0.3, -0.25) is 14.5 Å². The molecule has 0 unspecified atom stereocenters. The summed E-state index contributed by atoms with van der Waals surface area (Å²) in [6.45, 7) is 3.85. The number of benzene rings is 1. The summed E-state index contributed by atoms with van der Waals surface area (Å²) in [6, 6.07) is 11.9. The van der Waals surface area contributed by atoms with Crippen molar-refractivity contribution in [1.29, 1.82) is 0 Å². The molecule has 1 aliphatic heterocycles. The number of aromatic nitrogens is 2. The highest BCUT2D eigenvalue weighted by molar-refractivity contribution is 5.92. The standard InChI is InChI=1S/C24H32N4O3/c1-2-31-24(30)19-11-8-14-27(16-19)17-23(29)25-22-15-21(18-9-6-7-10-18)26-28(22)20-12-4-3-5-13-20/h3-5,12-13,15,18-19H,2,6-11,14,16-17H2,1H3,(H,25,29)/t19-/m1/s1. The van der Waals surface area contributed by atoms with Crippen LogP contribution in [0.4, 0.5) is 5.82 Å². The van der Waals surface area contributed by atoms with E-state index in [0.29, 0.717) is 24.9 Å². The van der Waals surface area contributed by atoms with Gasteiger partial charge in [0.15, 0.2) is 0 Å². The first-order valence-electron chi connectivity index (χ1n) is 11.5. The summed E-state index contributed by atoms with van der Waals surface area (Å²) >= 11 is 0. The van der Waals surface area contributed by atoms with Gasteiger partial charge in [-0.1, -0.05) is 31.0 Å². The predicted molar refractivity (Wildman–Crippen MR) is 119 cm³/mol.